The normalized spacial score (nSPS) is 10.7. The minimum atomic E-state index is 0.779. The summed E-state index contributed by atoms with van der Waals surface area (Å²) in [4.78, 5) is 4.34. The quantitative estimate of drug-likeness (QED) is 0.819. The second-order valence-electron chi connectivity index (χ2n) is 4.31. The Bertz CT molecular complexity index is 310. The van der Waals surface area contributed by atoms with Gasteiger partial charge in [-0.2, -0.15) is 0 Å². The van der Waals surface area contributed by atoms with Gasteiger partial charge in [-0.05, 0) is 53.2 Å². The Morgan fingerprint density at radius 1 is 1.47 bits per heavy atom. The highest BCUT2D eigenvalue weighted by Gasteiger charge is 2.00. The number of anilines is 1. The molecule has 0 bridgehead atoms. The molecule has 1 aromatic rings. The van der Waals surface area contributed by atoms with E-state index in [0.29, 0.717) is 0 Å². The van der Waals surface area contributed by atoms with Gasteiger partial charge >= 0.3 is 0 Å². The van der Waals surface area contributed by atoms with Crippen LogP contribution in [-0.2, 0) is 0 Å². The summed E-state index contributed by atoms with van der Waals surface area (Å²) < 4.78 is 1.05. The third-order valence-electron chi connectivity index (χ3n) is 2.23. The average Bonchev–Trinajstić information content (AvgIpc) is 2.14. The first-order chi connectivity index (χ1) is 7.09. The summed E-state index contributed by atoms with van der Waals surface area (Å²) in [5.74, 6) is 1.73. The molecule has 1 N–H and O–H groups in total. The molecule has 0 aliphatic carbocycles. The highest BCUT2D eigenvalue weighted by atomic mass is 79.9. The van der Waals surface area contributed by atoms with E-state index in [2.05, 4.69) is 46.1 Å². The molecule has 0 saturated carbocycles. The van der Waals surface area contributed by atoms with E-state index in [4.69, 9.17) is 0 Å². The number of halogens is 1. The zero-order valence-electron chi connectivity index (χ0n) is 9.68. The maximum absolute atomic E-state index is 4.34. The Labute approximate surface area is 101 Å². The van der Waals surface area contributed by atoms with Crippen molar-refractivity contribution >= 4 is 21.7 Å². The van der Waals surface area contributed by atoms with Crippen LogP contribution in [0.5, 0.6) is 0 Å². The molecule has 15 heavy (non-hydrogen) atoms. The lowest BCUT2D eigenvalue weighted by molar-refractivity contribution is 0.566. The van der Waals surface area contributed by atoms with Crippen molar-refractivity contribution in [3.63, 3.8) is 0 Å². The largest absolute Gasteiger partial charge is 0.369 e. The van der Waals surface area contributed by atoms with Crippen molar-refractivity contribution in [1.82, 2.24) is 4.98 Å². The van der Waals surface area contributed by atoms with Crippen molar-refractivity contribution in [2.45, 2.75) is 33.6 Å². The van der Waals surface area contributed by atoms with Gasteiger partial charge in [0.2, 0.25) is 0 Å². The van der Waals surface area contributed by atoms with E-state index in [1.165, 1.54) is 18.4 Å². The number of aromatic nitrogens is 1. The number of hydrogen-bond acceptors (Lipinski definition) is 2. The first kappa shape index (κ1) is 12.5. The monoisotopic (exact) mass is 270 g/mol. The van der Waals surface area contributed by atoms with Crippen LogP contribution >= 0.6 is 15.9 Å². The van der Waals surface area contributed by atoms with E-state index >= 15 is 0 Å². The molecule has 0 unspecified atom stereocenters. The molecule has 84 valence electrons. The highest BCUT2D eigenvalue weighted by Crippen LogP contribution is 2.20. The van der Waals surface area contributed by atoms with E-state index in [1.54, 1.807) is 0 Å². The lowest BCUT2D eigenvalue weighted by atomic mass is 10.1. The van der Waals surface area contributed by atoms with Crippen molar-refractivity contribution in [1.29, 1.82) is 0 Å². The minimum Gasteiger partial charge on any atom is -0.369 e. The molecular formula is C12H19BrN2. The molecule has 0 spiro atoms. The Hall–Kier alpha value is -0.570. The number of rotatable bonds is 5. The average molecular weight is 271 g/mol. The van der Waals surface area contributed by atoms with Crippen molar-refractivity contribution in [3.8, 4) is 0 Å². The van der Waals surface area contributed by atoms with E-state index in [0.717, 1.165) is 22.8 Å². The number of nitrogens with one attached hydrogen (secondary N) is 1. The fraction of sp³-hybridized carbons (Fsp3) is 0.583. The second kappa shape index (κ2) is 6.11. The van der Waals surface area contributed by atoms with Gasteiger partial charge in [0.1, 0.15) is 5.82 Å². The molecule has 1 aromatic heterocycles. The number of aryl methyl sites for hydroxylation is 1. The SMILES string of the molecule is Cc1cnc(NCCCC(C)C)c(Br)c1. The van der Waals surface area contributed by atoms with Crippen LogP contribution in [-0.4, -0.2) is 11.5 Å². The van der Waals surface area contributed by atoms with Crippen molar-refractivity contribution in [2.75, 3.05) is 11.9 Å². The molecule has 2 nitrogen and oxygen atoms in total. The van der Waals surface area contributed by atoms with Gasteiger partial charge in [-0.15, -0.1) is 0 Å². The van der Waals surface area contributed by atoms with Gasteiger partial charge < -0.3 is 5.32 Å². The van der Waals surface area contributed by atoms with Crippen LogP contribution in [0.3, 0.4) is 0 Å². The molecule has 0 radical (unpaired) electrons. The van der Waals surface area contributed by atoms with Crippen LogP contribution in [0.15, 0.2) is 16.7 Å². The van der Waals surface area contributed by atoms with Crippen LogP contribution in [0, 0.1) is 12.8 Å². The summed E-state index contributed by atoms with van der Waals surface area (Å²) >= 11 is 3.50. The highest BCUT2D eigenvalue weighted by molar-refractivity contribution is 9.10. The van der Waals surface area contributed by atoms with E-state index in [-0.39, 0.29) is 0 Å². The summed E-state index contributed by atoms with van der Waals surface area (Å²) in [5, 5.41) is 3.34. The summed E-state index contributed by atoms with van der Waals surface area (Å²) in [6, 6.07) is 2.08. The third kappa shape index (κ3) is 4.65. The molecule has 0 aliphatic heterocycles. The number of pyridine rings is 1. The Morgan fingerprint density at radius 2 is 2.20 bits per heavy atom. The van der Waals surface area contributed by atoms with E-state index in [9.17, 15) is 0 Å². The Kier molecular flexibility index (Phi) is 5.09. The molecule has 1 heterocycles. The first-order valence-corrected chi connectivity index (χ1v) is 6.25. The molecule has 0 atom stereocenters. The molecule has 0 amide bonds. The van der Waals surface area contributed by atoms with Crippen LogP contribution < -0.4 is 5.32 Å². The van der Waals surface area contributed by atoms with Crippen LogP contribution in [0.25, 0.3) is 0 Å². The molecule has 0 fully saturated rings. The van der Waals surface area contributed by atoms with Gasteiger partial charge in [0.15, 0.2) is 0 Å². The van der Waals surface area contributed by atoms with Crippen LogP contribution in [0.2, 0.25) is 0 Å². The van der Waals surface area contributed by atoms with Gasteiger partial charge in [0, 0.05) is 12.7 Å². The van der Waals surface area contributed by atoms with Crippen molar-refractivity contribution in [3.05, 3.63) is 22.3 Å². The standard InChI is InChI=1S/C12H19BrN2/c1-9(2)5-4-6-14-12-11(13)7-10(3)8-15-12/h7-9H,4-6H2,1-3H3,(H,14,15). The Morgan fingerprint density at radius 3 is 2.80 bits per heavy atom. The smallest absolute Gasteiger partial charge is 0.140 e. The van der Waals surface area contributed by atoms with Gasteiger partial charge in [0.25, 0.3) is 0 Å². The number of nitrogens with zero attached hydrogens (tertiary/aromatic N) is 1. The number of hydrogen-bond donors (Lipinski definition) is 1. The molecule has 1 rings (SSSR count). The van der Waals surface area contributed by atoms with Crippen LogP contribution in [0.1, 0.15) is 32.3 Å². The van der Waals surface area contributed by atoms with Crippen molar-refractivity contribution in [2.24, 2.45) is 5.92 Å². The third-order valence-corrected chi connectivity index (χ3v) is 2.83. The lowest BCUT2D eigenvalue weighted by Gasteiger charge is -2.09. The lowest BCUT2D eigenvalue weighted by Crippen LogP contribution is -2.05. The van der Waals surface area contributed by atoms with Gasteiger partial charge in [-0.3, -0.25) is 0 Å². The molecule has 0 aliphatic rings. The predicted molar refractivity (Wildman–Crippen MR) is 69.2 cm³/mol. The molecule has 0 aromatic carbocycles. The predicted octanol–water partition coefficient (Wildman–Crippen LogP) is 4.00. The molecule has 3 heteroatoms. The fourth-order valence-corrected chi connectivity index (χ4v) is 1.98. The first-order valence-electron chi connectivity index (χ1n) is 5.45. The fourth-order valence-electron chi connectivity index (χ4n) is 1.38. The van der Waals surface area contributed by atoms with E-state index in [1.807, 2.05) is 13.1 Å². The topological polar surface area (TPSA) is 24.9 Å². The van der Waals surface area contributed by atoms with Gasteiger partial charge in [-0.1, -0.05) is 13.8 Å². The van der Waals surface area contributed by atoms with Gasteiger partial charge in [-0.25, -0.2) is 4.98 Å². The minimum absolute atomic E-state index is 0.779. The zero-order valence-corrected chi connectivity index (χ0v) is 11.3. The molecular weight excluding hydrogens is 252 g/mol. The maximum Gasteiger partial charge on any atom is 0.140 e. The van der Waals surface area contributed by atoms with Crippen LogP contribution in [0.4, 0.5) is 5.82 Å². The van der Waals surface area contributed by atoms with E-state index < -0.39 is 0 Å². The second-order valence-corrected chi connectivity index (χ2v) is 5.16. The summed E-state index contributed by atoms with van der Waals surface area (Å²) in [5.41, 5.74) is 1.18. The molecule has 0 saturated heterocycles. The van der Waals surface area contributed by atoms with Gasteiger partial charge in [0.05, 0.1) is 4.47 Å². The maximum atomic E-state index is 4.34. The summed E-state index contributed by atoms with van der Waals surface area (Å²) in [6.07, 6.45) is 4.34. The zero-order chi connectivity index (χ0) is 11.3. The summed E-state index contributed by atoms with van der Waals surface area (Å²) in [7, 11) is 0. The summed E-state index contributed by atoms with van der Waals surface area (Å²) in [6.45, 7) is 7.53. The Balaban J connectivity index is 2.37. The van der Waals surface area contributed by atoms with Crippen molar-refractivity contribution < 1.29 is 0 Å².